The molecule has 1 N–H and O–H groups in total. The largest absolute Gasteiger partial charge is 0.493 e. The minimum atomic E-state index is 0.644. The van der Waals surface area contributed by atoms with Gasteiger partial charge in [-0.25, -0.2) is 0 Å². The molecule has 0 spiro atoms. The van der Waals surface area contributed by atoms with Crippen LogP contribution in [0.3, 0.4) is 0 Å². The Hall–Kier alpha value is -1.52. The summed E-state index contributed by atoms with van der Waals surface area (Å²) in [5.74, 6) is 1.60. The Balaban J connectivity index is 1.84. The molecule has 2 rings (SSSR count). The topological polar surface area (TPSA) is 30.5 Å². The van der Waals surface area contributed by atoms with Gasteiger partial charge < -0.3 is 14.8 Å². The number of hydrogen-bond donors (Lipinski definition) is 1. The van der Waals surface area contributed by atoms with Crippen LogP contribution in [0, 0.1) is 0 Å². The molecule has 0 saturated heterocycles. The molecule has 0 aliphatic heterocycles. The Kier molecular flexibility index (Phi) is 5.89. The zero-order valence-electron chi connectivity index (χ0n) is 12.0. The fourth-order valence-electron chi connectivity index (χ4n) is 2.00. The fourth-order valence-corrected chi connectivity index (χ4v) is 2.71. The lowest BCUT2D eigenvalue weighted by atomic mass is 10.2. The highest BCUT2D eigenvalue weighted by Crippen LogP contribution is 2.27. The van der Waals surface area contributed by atoms with Crippen LogP contribution in [0.25, 0.3) is 0 Å². The minimum Gasteiger partial charge on any atom is -0.493 e. The van der Waals surface area contributed by atoms with Crippen molar-refractivity contribution >= 4 is 11.3 Å². The van der Waals surface area contributed by atoms with Crippen LogP contribution in [-0.4, -0.2) is 20.3 Å². The molecule has 1 aromatic heterocycles. The van der Waals surface area contributed by atoms with E-state index in [1.54, 1.807) is 18.4 Å². The molecule has 1 aromatic carbocycles. The van der Waals surface area contributed by atoms with Crippen molar-refractivity contribution in [1.82, 2.24) is 5.32 Å². The molecule has 0 unspecified atom stereocenters. The standard InChI is InChI=1S/C16H21NO2S/c1-3-19-16-11-13(6-7-15(16)18-2)12-17-9-8-14-5-4-10-20-14/h4-7,10-11,17H,3,8-9,12H2,1-2H3. The molecule has 108 valence electrons. The summed E-state index contributed by atoms with van der Waals surface area (Å²) in [5, 5.41) is 5.58. The Morgan fingerprint density at radius 1 is 1.20 bits per heavy atom. The molecule has 3 nitrogen and oxygen atoms in total. The lowest BCUT2D eigenvalue weighted by Gasteiger charge is -2.11. The number of thiophene rings is 1. The number of ether oxygens (including phenoxy) is 2. The van der Waals surface area contributed by atoms with E-state index in [0.717, 1.165) is 31.0 Å². The molecule has 0 aliphatic rings. The smallest absolute Gasteiger partial charge is 0.161 e. The Morgan fingerprint density at radius 2 is 2.10 bits per heavy atom. The molecule has 1 heterocycles. The van der Waals surface area contributed by atoms with Gasteiger partial charge in [-0.1, -0.05) is 12.1 Å². The zero-order chi connectivity index (χ0) is 14.2. The summed E-state index contributed by atoms with van der Waals surface area (Å²) >= 11 is 1.81. The van der Waals surface area contributed by atoms with Crippen LogP contribution in [0.2, 0.25) is 0 Å². The van der Waals surface area contributed by atoms with Crippen LogP contribution in [0.4, 0.5) is 0 Å². The van der Waals surface area contributed by atoms with E-state index in [-0.39, 0.29) is 0 Å². The molecule has 0 aliphatic carbocycles. The number of hydrogen-bond acceptors (Lipinski definition) is 4. The van der Waals surface area contributed by atoms with Gasteiger partial charge >= 0.3 is 0 Å². The summed E-state index contributed by atoms with van der Waals surface area (Å²) in [6.45, 7) is 4.45. The normalized spacial score (nSPS) is 10.5. The van der Waals surface area contributed by atoms with Crippen molar-refractivity contribution in [2.75, 3.05) is 20.3 Å². The average molecular weight is 291 g/mol. The van der Waals surface area contributed by atoms with E-state index in [2.05, 4.69) is 28.9 Å². The summed E-state index contributed by atoms with van der Waals surface area (Å²) in [7, 11) is 1.66. The van der Waals surface area contributed by atoms with E-state index >= 15 is 0 Å². The highest BCUT2D eigenvalue weighted by molar-refractivity contribution is 7.09. The maximum atomic E-state index is 5.58. The first-order chi connectivity index (χ1) is 9.83. The van der Waals surface area contributed by atoms with Gasteiger partial charge in [0, 0.05) is 18.0 Å². The minimum absolute atomic E-state index is 0.644. The average Bonchev–Trinajstić information content (AvgIpc) is 2.97. The van der Waals surface area contributed by atoms with E-state index in [9.17, 15) is 0 Å². The van der Waals surface area contributed by atoms with Gasteiger partial charge in [-0.05, 0) is 42.5 Å². The molecule has 0 amide bonds. The number of benzene rings is 1. The van der Waals surface area contributed by atoms with Crippen molar-refractivity contribution in [3.05, 3.63) is 46.2 Å². The molecule has 4 heteroatoms. The first kappa shape index (κ1) is 14.9. The Morgan fingerprint density at radius 3 is 2.80 bits per heavy atom. The van der Waals surface area contributed by atoms with Gasteiger partial charge in [-0.2, -0.15) is 0 Å². The van der Waals surface area contributed by atoms with Crippen molar-refractivity contribution in [2.45, 2.75) is 19.9 Å². The second-order valence-electron chi connectivity index (χ2n) is 4.42. The predicted octanol–water partition coefficient (Wildman–Crippen LogP) is 3.49. The first-order valence-corrected chi connectivity index (χ1v) is 7.74. The van der Waals surface area contributed by atoms with Crippen molar-refractivity contribution in [2.24, 2.45) is 0 Å². The molecule has 0 fully saturated rings. The van der Waals surface area contributed by atoms with Gasteiger partial charge in [0.25, 0.3) is 0 Å². The highest BCUT2D eigenvalue weighted by atomic mass is 32.1. The lowest BCUT2D eigenvalue weighted by molar-refractivity contribution is 0.310. The number of methoxy groups -OCH3 is 1. The summed E-state index contributed by atoms with van der Waals surface area (Å²) in [6.07, 6.45) is 1.08. The predicted molar refractivity (Wildman–Crippen MR) is 83.9 cm³/mol. The molecule has 20 heavy (non-hydrogen) atoms. The second-order valence-corrected chi connectivity index (χ2v) is 5.46. The summed E-state index contributed by atoms with van der Waals surface area (Å²) in [4.78, 5) is 1.42. The van der Waals surface area contributed by atoms with E-state index in [4.69, 9.17) is 9.47 Å². The van der Waals surface area contributed by atoms with Gasteiger partial charge in [0.15, 0.2) is 11.5 Å². The molecule has 2 aromatic rings. The van der Waals surface area contributed by atoms with E-state index in [1.807, 2.05) is 19.1 Å². The monoisotopic (exact) mass is 291 g/mol. The SMILES string of the molecule is CCOc1cc(CNCCc2cccs2)ccc1OC. The Bertz CT molecular complexity index is 511. The molecule has 0 atom stereocenters. The number of rotatable bonds is 8. The molecule has 0 radical (unpaired) electrons. The number of nitrogens with one attached hydrogen (secondary N) is 1. The molecular formula is C16H21NO2S. The quantitative estimate of drug-likeness (QED) is 0.755. The van der Waals surface area contributed by atoms with Gasteiger partial charge in [-0.15, -0.1) is 11.3 Å². The van der Waals surface area contributed by atoms with Crippen LogP contribution in [0.1, 0.15) is 17.4 Å². The third kappa shape index (κ3) is 4.25. The van der Waals surface area contributed by atoms with Crippen molar-refractivity contribution in [3.63, 3.8) is 0 Å². The first-order valence-electron chi connectivity index (χ1n) is 6.86. The van der Waals surface area contributed by atoms with E-state index in [1.165, 1.54) is 10.4 Å². The molecule has 0 bridgehead atoms. The Labute approximate surface area is 124 Å². The molecular weight excluding hydrogens is 270 g/mol. The third-order valence-electron chi connectivity index (χ3n) is 2.99. The van der Waals surface area contributed by atoms with Crippen LogP contribution in [0.15, 0.2) is 35.7 Å². The van der Waals surface area contributed by atoms with Crippen LogP contribution >= 0.6 is 11.3 Å². The van der Waals surface area contributed by atoms with Crippen molar-refractivity contribution in [1.29, 1.82) is 0 Å². The maximum absolute atomic E-state index is 5.58. The van der Waals surface area contributed by atoms with E-state index < -0.39 is 0 Å². The van der Waals surface area contributed by atoms with Gasteiger partial charge in [0.1, 0.15) is 0 Å². The van der Waals surface area contributed by atoms with Gasteiger partial charge in [0.2, 0.25) is 0 Å². The fraction of sp³-hybridized carbons (Fsp3) is 0.375. The summed E-state index contributed by atoms with van der Waals surface area (Å²) in [6, 6.07) is 10.3. The van der Waals surface area contributed by atoms with Gasteiger partial charge in [-0.3, -0.25) is 0 Å². The lowest BCUT2D eigenvalue weighted by Crippen LogP contribution is -2.16. The van der Waals surface area contributed by atoms with Crippen molar-refractivity contribution in [3.8, 4) is 11.5 Å². The van der Waals surface area contributed by atoms with Crippen LogP contribution < -0.4 is 14.8 Å². The van der Waals surface area contributed by atoms with Gasteiger partial charge in [0.05, 0.1) is 13.7 Å². The van der Waals surface area contributed by atoms with Crippen molar-refractivity contribution < 1.29 is 9.47 Å². The van der Waals surface area contributed by atoms with Crippen LogP contribution in [-0.2, 0) is 13.0 Å². The van der Waals surface area contributed by atoms with E-state index in [0.29, 0.717) is 6.61 Å². The highest BCUT2D eigenvalue weighted by Gasteiger charge is 2.05. The maximum Gasteiger partial charge on any atom is 0.161 e. The van der Waals surface area contributed by atoms with Crippen LogP contribution in [0.5, 0.6) is 11.5 Å². The molecule has 0 saturated carbocycles. The summed E-state index contributed by atoms with van der Waals surface area (Å²) < 4.78 is 10.9. The second kappa shape index (κ2) is 7.92. The zero-order valence-corrected chi connectivity index (χ0v) is 12.8. The summed E-state index contributed by atoms with van der Waals surface area (Å²) in [5.41, 5.74) is 1.21. The third-order valence-corrected chi connectivity index (χ3v) is 3.92.